The fraction of sp³-hybridized carbons (Fsp3) is 0.381. The number of nitrogens with zero attached hydrogens (tertiary/aromatic N) is 2. The maximum atomic E-state index is 12.8. The predicted octanol–water partition coefficient (Wildman–Crippen LogP) is 2.83. The minimum Gasteiger partial charge on any atom is -0.339 e. The standard InChI is InChI=1S/C21H26N2O3S/c1-22(2)19-11-13-23(14-12-19)21(24)18-8-6-7-17(15-18)16-27(25,26)20-9-4-3-5-10-20/h3-10,15,19H,11-14,16H2,1-2H3. The van der Waals surface area contributed by atoms with Crippen LogP contribution in [-0.2, 0) is 15.6 Å². The van der Waals surface area contributed by atoms with Crippen LogP contribution < -0.4 is 0 Å². The molecule has 3 rings (SSSR count). The van der Waals surface area contributed by atoms with Crippen LogP contribution in [0.25, 0.3) is 0 Å². The second-order valence-electron chi connectivity index (χ2n) is 7.26. The summed E-state index contributed by atoms with van der Waals surface area (Å²) in [5.74, 6) is -0.132. The van der Waals surface area contributed by atoms with Crippen LogP contribution in [-0.4, -0.2) is 57.4 Å². The summed E-state index contributed by atoms with van der Waals surface area (Å²) in [4.78, 5) is 17.2. The number of amides is 1. The highest BCUT2D eigenvalue weighted by molar-refractivity contribution is 7.90. The third-order valence-corrected chi connectivity index (χ3v) is 6.82. The topological polar surface area (TPSA) is 57.7 Å². The molecule has 0 aromatic heterocycles. The van der Waals surface area contributed by atoms with Crippen LogP contribution in [0, 0.1) is 0 Å². The van der Waals surface area contributed by atoms with Crippen LogP contribution in [0.15, 0.2) is 59.5 Å². The molecule has 0 N–H and O–H groups in total. The van der Waals surface area contributed by atoms with Crippen molar-refractivity contribution in [3.8, 4) is 0 Å². The van der Waals surface area contributed by atoms with Crippen molar-refractivity contribution in [3.63, 3.8) is 0 Å². The molecule has 0 spiro atoms. The van der Waals surface area contributed by atoms with Crippen LogP contribution in [0.1, 0.15) is 28.8 Å². The molecule has 0 radical (unpaired) electrons. The molecule has 0 atom stereocenters. The van der Waals surface area contributed by atoms with Gasteiger partial charge in [-0.25, -0.2) is 8.42 Å². The van der Waals surface area contributed by atoms with Gasteiger partial charge in [-0.2, -0.15) is 0 Å². The number of rotatable bonds is 5. The van der Waals surface area contributed by atoms with Crippen molar-refractivity contribution >= 4 is 15.7 Å². The summed E-state index contributed by atoms with van der Waals surface area (Å²) in [5, 5.41) is 0. The SMILES string of the molecule is CN(C)C1CCN(C(=O)c2cccc(CS(=O)(=O)c3ccccc3)c2)CC1. The fourth-order valence-electron chi connectivity index (χ4n) is 3.49. The first kappa shape index (κ1) is 19.6. The van der Waals surface area contributed by atoms with Gasteiger partial charge in [0.15, 0.2) is 9.84 Å². The first-order valence-electron chi connectivity index (χ1n) is 9.19. The second-order valence-corrected chi connectivity index (χ2v) is 9.25. The van der Waals surface area contributed by atoms with Crippen molar-refractivity contribution in [2.75, 3.05) is 27.2 Å². The Morgan fingerprint density at radius 3 is 2.33 bits per heavy atom. The lowest BCUT2D eigenvalue weighted by atomic mass is 10.0. The van der Waals surface area contributed by atoms with Gasteiger partial charge in [-0.1, -0.05) is 30.3 Å². The molecular formula is C21H26N2O3S. The summed E-state index contributed by atoms with van der Waals surface area (Å²) in [7, 11) is 0.709. The van der Waals surface area contributed by atoms with Gasteiger partial charge in [-0.05, 0) is 56.8 Å². The highest BCUT2D eigenvalue weighted by Crippen LogP contribution is 2.20. The van der Waals surface area contributed by atoms with Crippen LogP contribution >= 0.6 is 0 Å². The Morgan fingerprint density at radius 1 is 1.04 bits per heavy atom. The van der Waals surface area contributed by atoms with E-state index in [2.05, 4.69) is 19.0 Å². The Labute approximate surface area is 161 Å². The molecule has 27 heavy (non-hydrogen) atoms. The number of carbonyl (C=O) groups is 1. The lowest BCUT2D eigenvalue weighted by molar-refractivity contribution is 0.0663. The number of hydrogen-bond acceptors (Lipinski definition) is 4. The molecule has 1 heterocycles. The molecule has 0 bridgehead atoms. The molecule has 6 heteroatoms. The number of piperidine rings is 1. The lowest BCUT2D eigenvalue weighted by Gasteiger charge is -2.35. The zero-order valence-corrected chi connectivity index (χ0v) is 16.7. The zero-order chi connectivity index (χ0) is 19.4. The summed E-state index contributed by atoms with van der Waals surface area (Å²) in [5.41, 5.74) is 1.19. The average molecular weight is 387 g/mol. The van der Waals surface area contributed by atoms with Crippen molar-refractivity contribution < 1.29 is 13.2 Å². The molecule has 2 aromatic rings. The molecule has 0 saturated carbocycles. The minimum absolute atomic E-state index is 0.0221. The highest BCUT2D eigenvalue weighted by atomic mass is 32.2. The van der Waals surface area contributed by atoms with E-state index in [1.165, 1.54) is 0 Å². The number of benzene rings is 2. The van der Waals surface area contributed by atoms with E-state index >= 15 is 0 Å². The predicted molar refractivity (Wildman–Crippen MR) is 106 cm³/mol. The van der Waals surface area contributed by atoms with E-state index in [0.29, 0.717) is 22.1 Å². The van der Waals surface area contributed by atoms with Crippen molar-refractivity contribution in [2.24, 2.45) is 0 Å². The van der Waals surface area contributed by atoms with E-state index in [0.717, 1.165) is 25.9 Å². The molecule has 1 aliphatic heterocycles. The van der Waals surface area contributed by atoms with E-state index in [1.54, 1.807) is 54.6 Å². The maximum absolute atomic E-state index is 12.8. The summed E-state index contributed by atoms with van der Waals surface area (Å²) in [6.07, 6.45) is 1.92. The molecular weight excluding hydrogens is 360 g/mol. The summed E-state index contributed by atoms with van der Waals surface area (Å²) < 4.78 is 25.2. The smallest absolute Gasteiger partial charge is 0.253 e. The van der Waals surface area contributed by atoms with Gasteiger partial charge in [0.2, 0.25) is 0 Å². The summed E-state index contributed by atoms with van der Waals surface area (Å²) >= 11 is 0. The van der Waals surface area contributed by atoms with Gasteiger partial charge in [0, 0.05) is 24.7 Å². The maximum Gasteiger partial charge on any atom is 0.253 e. The molecule has 0 unspecified atom stereocenters. The Balaban J connectivity index is 1.71. The molecule has 2 aromatic carbocycles. The van der Waals surface area contributed by atoms with Gasteiger partial charge in [0.25, 0.3) is 5.91 Å². The molecule has 1 saturated heterocycles. The Bertz CT molecular complexity index is 887. The largest absolute Gasteiger partial charge is 0.339 e. The molecule has 0 aliphatic carbocycles. The van der Waals surface area contributed by atoms with E-state index < -0.39 is 9.84 Å². The van der Waals surface area contributed by atoms with Crippen molar-refractivity contribution in [2.45, 2.75) is 29.5 Å². The molecule has 1 fully saturated rings. The lowest BCUT2D eigenvalue weighted by Crippen LogP contribution is -2.44. The van der Waals surface area contributed by atoms with Gasteiger partial charge < -0.3 is 9.80 Å². The number of sulfone groups is 1. The number of hydrogen-bond donors (Lipinski definition) is 0. The zero-order valence-electron chi connectivity index (χ0n) is 15.8. The van der Waals surface area contributed by atoms with Crippen molar-refractivity contribution in [1.29, 1.82) is 0 Å². The Kier molecular flexibility index (Phi) is 5.97. The molecule has 1 aliphatic rings. The van der Waals surface area contributed by atoms with Gasteiger partial charge in [0.05, 0.1) is 10.6 Å². The van der Waals surface area contributed by atoms with E-state index in [-0.39, 0.29) is 11.7 Å². The number of likely N-dealkylation sites (tertiary alicyclic amines) is 1. The Hall–Kier alpha value is -2.18. The van der Waals surface area contributed by atoms with Crippen molar-refractivity contribution in [3.05, 3.63) is 65.7 Å². The van der Waals surface area contributed by atoms with E-state index in [4.69, 9.17) is 0 Å². The summed E-state index contributed by atoms with van der Waals surface area (Å²) in [6, 6.07) is 15.9. The average Bonchev–Trinajstić information content (AvgIpc) is 2.68. The molecule has 5 nitrogen and oxygen atoms in total. The number of carbonyl (C=O) groups excluding carboxylic acids is 1. The minimum atomic E-state index is -3.43. The van der Waals surface area contributed by atoms with Gasteiger partial charge >= 0.3 is 0 Å². The van der Waals surface area contributed by atoms with Crippen LogP contribution in [0.2, 0.25) is 0 Å². The monoisotopic (exact) mass is 386 g/mol. The fourth-order valence-corrected chi connectivity index (χ4v) is 4.85. The highest BCUT2D eigenvalue weighted by Gasteiger charge is 2.25. The quantitative estimate of drug-likeness (QED) is 0.793. The normalized spacial score (nSPS) is 15.9. The van der Waals surface area contributed by atoms with Crippen LogP contribution in [0.3, 0.4) is 0 Å². The van der Waals surface area contributed by atoms with Crippen molar-refractivity contribution in [1.82, 2.24) is 9.80 Å². The molecule has 144 valence electrons. The van der Waals surface area contributed by atoms with Gasteiger partial charge in [-0.3, -0.25) is 4.79 Å². The van der Waals surface area contributed by atoms with Crippen LogP contribution in [0.5, 0.6) is 0 Å². The first-order chi connectivity index (χ1) is 12.9. The van der Waals surface area contributed by atoms with Crippen LogP contribution in [0.4, 0.5) is 0 Å². The second kappa shape index (κ2) is 8.23. The third-order valence-electron chi connectivity index (χ3n) is 5.11. The Morgan fingerprint density at radius 2 is 1.70 bits per heavy atom. The summed E-state index contributed by atoms with van der Waals surface area (Å²) in [6.45, 7) is 1.46. The van der Waals surface area contributed by atoms with Gasteiger partial charge in [0.1, 0.15) is 0 Å². The first-order valence-corrected chi connectivity index (χ1v) is 10.8. The van der Waals surface area contributed by atoms with Gasteiger partial charge in [-0.15, -0.1) is 0 Å². The van der Waals surface area contributed by atoms with E-state index in [1.807, 2.05) is 4.90 Å². The third kappa shape index (κ3) is 4.76. The molecule has 1 amide bonds. The van der Waals surface area contributed by atoms with E-state index in [9.17, 15) is 13.2 Å².